The molecule has 0 N–H and O–H groups in total. The van der Waals surface area contributed by atoms with Crippen LogP contribution in [0.1, 0.15) is 61.6 Å². The first-order valence-electron chi connectivity index (χ1n) is 15.3. The van der Waals surface area contributed by atoms with E-state index in [9.17, 15) is 13.2 Å². The van der Waals surface area contributed by atoms with Crippen LogP contribution in [-0.4, -0.2) is 73.2 Å². The number of benzene rings is 2. The predicted molar refractivity (Wildman–Crippen MR) is 168 cm³/mol. The summed E-state index contributed by atoms with van der Waals surface area (Å²) in [6, 6.07) is 22.4. The van der Waals surface area contributed by atoms with Gasteiger partial charge in [0.1, 0.15) is 0 Å². The SMILES string of the molecule is CCCOc1cccc(-c2ccc(C3CCN(S(=O)(=O)C4(C(=O)OC)CCN(Cc5ccccc5)CC4)CC3)cc2C)n1. The minimum atomic E-state index is -3.91. The van der Waals surface area contributed by atoms with Crippen LogP contribution in [0.5, 0.6) is 5.88 Å². The first kappa shape index (κ1) is 31.2. The number of ether oxygens (including phenoxy) is 2. The molecule has 0 bridgehead atoms. The van der Waals surface area contributed by atoms with Crippen LogP contribution in [0.3, 0.4) is 0 Å². The Morgan fingerprint density at radius 3 is 2.35 bits per heavy atom. The van der Waals surface area contributed by atoms with Gasteiger partial charge in [-0.15, -0.1) is 0 Å². The summed E-state index contributed by atoms with van der Waals surface area (Å²) in [5.74, 6) is 0.231. The molecule has 0 radical (unpaired) electrons. The maximum Gasteiger partial charge on any atom is 0.328 e. The summed E-state index contributed by atoms with van der Waals surface area (Å²) in [7, 11) is -2.62. The van der Waals surface area contributed by atoms with E-state index < -0.39 is 20.7 Å². The number of aryl methyl sites for hydroxylation is 1. The van der Waals surface area contributed by atoms with Gasteiger partial charge in [-0.2, -0.15) is 0 Å². The van der Waals surface area contributed by atoms with E-state index in [1.54, 1.807) is 4.31 Å². The van der Waals surface area contributed by atoms with E-state index in [1.165, 1.54) is 18.2 Å². The second-order valence-electron chi connectivity index (χ2n) is 11.7. The third-order valence-electron chi connectivity index (χ3n) is 8.93. The molecule has 2 fully saturated rings. The highest BCUT2D eigenvalue weighted by Gasteiger charge is 2.56. The predicted octanol–water partition coefficient (Wildman–Crippen LogP) is 5.56. The lowest BCUT2D eigenvalue weighted by Gasteiger charge is -2.43. The van der Waals surface area contributed by atoms with Crippen LogP contribution in [0.25, 0.3) is 11.3 Å². The Kier molecular flexibility index (Phi) is 9.84. The Labute approximate surface area is 256 Å². The van der Waals surface area contributed by atoms with Crippen LogP contribution in [0, 0.1) is 6.92 Å². The molecule has 2 aliphatic rings. The normalized spacial score (nSPS) is 18.3. The van der Waals surface area contributed by atoms with Crippen molar-refractivity contribution in [2.24, 2.45) is 0 Å². The lowest BCUT2D eigenvalue weighted by atomic mass is 9.88. The maximum atomic E-state index is 14.1. The second kappa shape index (κ2) is 13.6. The molecule has 2 saturated heterocycles. The zero-order valence-corrected chi connectivity index (χ0v) is 26.3. The fraction of sp³-hybridized carbons (Fsp3) is 0.471. The molecular weight excluding hydrogens is 562 g/mol. The highest BCUT2D eigenvalue weighted by atomic mass is 32.2. The summed E-state index contributed by atoms with van der Waals surface area (Å²) in [5.41, 5.74) is 5.44. The molecule has 0 atom stereocenters. The van der Waals surface area contributed by atoms with Crippen LogP contribution in [0.4, 0.5) is 0 Å². The van der Waals surface area contributed by atoms with Gasteiger partial charge in [0.2, 0.25) is 15.9 Å². The van der Waals surface area contributed by atoms with Crippen molar-refractivity contribution >= 4 is 16.0 Å². The number of likely N-dealkylation sites (tertiary alicyclic amines) is 1. The molecule has 0 aliphatic carbocycles. The van der Waals surface area contributed by atoms with E-state index in [0.717, 1.165) is 29.8 Å². The molecule has 3 heterocycles. The van der Waals surface area contributed by atoms with E-state index in [4.69, 9.17) is 9.47 Å². The van der Waals surface area contributed by atoms with Gasteiger partial charge in [0.25, 0.3) is 0 Å². The summed E-state index contributed by atoms with van der Waals surface area (Å²) in [4.78, 5) is 20.0. The van der Waals surface area contributed by atoms with Gasteiger partial charge in [-0.25, -0.2) is 17.7 Å². The van der Waals surface area contributed by atoms with Crippen molar-refractivity contribution in [1.29, 1.82) is 0 Å². The van der Waals surface area contributed by atoms with E-state index >= 15 is 0 Å². The van der Waals surface area contributed by atoms with E-state index in [2.05, 4.69) is 54.1 Å². The van der Waals surface area contributed by atoms with Gasteiger partial charge in [-0.05, 0) is 67.7 Å². The van der Waals surface area contributed by atoms with Crippen molar-refractivity contribution in [3.63, 3.8) is 0 Å². The quantitative estimate of drug-likeness (QED) is 0.280. The summed E-state index contributed by atoms with van der Waals surface area (Å²) < 4.78 is 39.1. The third kappa shape index (κ3) is 6.64. The van der Waals surface area contributed by atoms with Crippen molar-refractivity contribution in [2.45, 2.75) is 63.2 Å². The van der Waals surface area contributed by atoms with Gasteiger partial charge in [0.05, 0.1) is 19.4 Å². The molecular formula is C34H43N3O5S. The molecule has 2 aliphatic heterocycles. The van der Waals surface area contributed by atoms with Crippen molar-refractivity contribution in [2.75, 3.05) is 39.9 Å². The van der Waals surface area contributed by atoms with Crippen molar-refractivity contribution in [3.05, 3.63) is 83.4 Å². The van der Waals surface area contributed by atoms with Gasteiger partial charge in [0, 0.05) is 44.4 Å². The zero-order valence-electron chi connectivity index (χ0n) is 25.5. The molecule has 230 valence electrons. The Morgan fingerprint density at radius 2 is 1.70 bits per heavy atom. The molecule has 3 aromatic rings. The highest BCUT2D eigenvalue weighted by molar-refractivity contribution is 7.91. The summed E-state index contributed by atoms with van der Waals surface area (Å²) in [6.07, 6.45) is 2.79. The van der Waals surface area contributed by atoms with Gasteiger partial charge in [-0.1, -0.05) is 61.5 Å². The van der Waals surface area contributed by atoms with Crippen LogP contribution in [0.2, 0.25) is 0 Å². The molecule has 1 aromatic heterocycles. The van der Waals surface area contributed by atoms with Crippen molar-refractivity contribution in [3.8, 4) is 17.1 Å². The lowest BCUT2D eigenvalue weighted by Crippen LogP contribution is -2.59. The fourth-order valence-corrected chi connectivity index (χ4v) is 8.60. The molecule has 5 rings (SSSR count). The van der Waals surface area contributed by atoms with Crippen LogP contribution < -0.4 is 4.74 Å². The van der Waals surface area contributed by atoms with E-state index in [1.807, 2.05) is 36.4 Å². The first-order chi connectivity index (χ1) is 20.8. The summed E-state index contributed by atoms with van der Waals surface area (Å²) >= 11 is 0. The Balaban J connectivity index is 1.25. The largest absolute Gasteiger partial charge is 0.478 e. The van der Waals surface area contributed by atoms with Gasteiger partial charge >= 0.3 is 5.97 Å². The van der Waals surface area contributed by atoms with Gasteiger partial charge in [0.15, 0.2) is 4.75 Å². The Morgan fingerprint density at radius 1 is 0.977 bits per heavy atom. The number of hydrogen-bond donors (Lipinski definition) is 0. The molecule has 9 heteroatoms. The maximum absolute atomic E-state index is 14.1. The van der Waals surface area contributed by atoms with Crippen LogP contribution in [-0.2, 0) is 26.1 Å². The lowest BCUT2D eigenvalue weighted by molar-refractivity contribution is -0.145. The zero-order chi connectivity index (χ0) is 30.5. The van der Waals surface area contributed by atoms with Crippen LogP contribution in [0.15, 0.2) is 66.7 Å². The molecule has 8 nitrogen and oxygen atoms in total. The second-order valence-corrected chi connectivity index (χ2v) is 14.0. The van der Waals surface area contributed by atoms with Crippen molar-refractivity contribution < 1.29 is 22.7 Å². The number of hydrogen-bond acceptors (Lipinski definition) is 7. The minimum Gasteiger partial charge on any atom is -0.478 e. The number of piperidine rings is 2. The average Bonchev–Trinajstić information content (AvgIpc) is 3.04. The first-order valence-corrected chi connectivity index (χ1v) is 16.8. The molecule has 0 amide bonds. The number of aromatic nitrogens is 1. The fourth-order valence-electron chi connectivity index (χ4n) is 6.42. The average molecular weight is 606 g/mol. The van der Waals surface area contributed by atoms with Crippen LogP contribution >= 0.6 is 0 Å². The molecule has 0 unspecified atom stereocenters. The van der Waals surface area contributed by atoms with Gasteiger partial charge in [-0.3, -0.25) is 9.69 Å². The standard InChI is InChI=1S/C34H43N3O5S/c1-4-23-42-32-12-8-11-31(35-32)30-14-13-29(24-26(30)2)28-15-19-37(20-16-28)43(39,40)34(33(38)41-3)17-21-36(22-18-34)25-27-9-6-5-7-10-27/h5-14,24,28H,4,15-23,25H2,1-3H3. The number of rotatable bonds is 10. The third-order valence-corrected chi connectivity index (χ3v) is 11.5. The number of pyridine rings is 1. The summed E-state index contributed by atoms with van der Waals surface area (Å²) in [5, 5.41) is 0. The topological polar surface area (TPSA) is 89.0 Å². The van der Waals surface area contributed by atoms with E-state index in [0.29, 0.717) is 51.5 Å². The number of sulfonamides is 1. The van der Waals surface area contributed by atoms with Crippen molar-refractivity contribution in [1.82, 2.24) is 14.2 Å². The number of methoxy groups -OCH3 is 1. The summed E-state index contributed by atoms with van der Waals surface area (Å²) in [6.45, 7) is 7.34. The number of esters is 1. The Hall–Kier alpha value is -3.27. The Bertz CT molecular complexity index is 1500. The number of carbonyl (C=O) groups is 1. The molecule has 2 aromatic carbocycles. The highest BCUT2D eigenvalue weighted by Crippen LogP contribution is 2.39. The smallest absolute Gasteiger partial charge is 0.328 e. The molecule has 0 saturated carbocycles. The number of nitrogens with zero attached hydrogens (tertiary/aromatic N) is 3. The van der Waals surface area contributed by atoms with Gasteiger partial charge < -0.3 is 9.47 Å². The minimum absolute atomic E-state index is 0.230. The molecule has 43 heavy (non-hydrogen) atoms. The molecule has 0 spiro atoms. The number of carbonyl (C=O) groups excluding carboxylic acids is 1. The van der Waals surface area contributed by atoms with E-state index in [-0.39, 0.29) is 18.8 Å². The monoisotopic (exact) mass is 605 g/mol.